The zero-order valence-electron chi connectivity index (χ0n) is 9.23. The lowest BCUT2D eigenvalue weighted by atomic mass is 10.4. The normalized spacial score (nSPS) is 15.0. The monoisotopic (exact) mass is 257 g/mol. The molecule has 1 aliphatic rings. The maximum absolute atomic E-state index is 11.2. The van der Waals surface area contributed by atoms with E-state index in [1.54, 1.807) is 0 Å². The van der Waals surface area contributed by atoms with E-state index in [9.17, 15) is 19.2 Å². The summed E-state index contributed by atoms with van der Waals surface area (Å²) in [6.45, 7) is 4.94. The molecule has 1 rings (SSSR count). The van der Waals surface area contributed by atoms with Gasteiger partial charge in [0.25, 0.3) is 11.8 Å². The van der Waals surface area contributed by atoms with E-state index in [4.69, 9.17) is 0 Å². The summed E-state index contributed by atoms with van der Waals surface area (Å²) in [4.78, 5) is 49.1. The first-order chi connectivity index (χ1) is 7.91. The molecule has 0 aromatic heterocycles. The number of imide groups is 1. The Morgan fingerprint density at radius 3 is 2.35 bits per heavy atom. The number of thioether (sulfide) groups is 1. The molecule has 0 atom stereocenters. The SMILES string of the molecule is C=C(C)C(=O)SCC(=O)ON1C(=O)CCC1=O. The Bertz CT molecular complexity index is 388. The Hall–Kier alpha value is -1.63. The Morgan fingerprint density at radius 1 is 1.35 bits per heavy atom. The molecule has 92 valence electrons. The van der Waals surface area contributed by atoms with Gasteiger partial charge in [-0.25, -0.2) is 4.79 Å². The van der Waals surface area contributed by atoms with Crippen LogP contribution in [0, 0.1) is 0 Å². The molecule has 0 radical (unpaired) electrons. The molecular formula is C10H11NO5S. The van der Waals surface area contributed by atoms with E-state index in [1.165, 1.54) is 6.92 Å². The van der Waals surface area contributed by atoms with Gasteiger partial charge in [0.05, 0.1) is 0 Å². The van der Waals surface area contributed by atoms with Crippen LogP contribution in [0.5, 0.6) is 0 Å². The first-order valence-corrected chi connectivity index (χ1v) is 5.79. The van der Waals surface area contributed by atoms with Crippen LogP contribution in [0.25, 0.3) is 0 Å². The average Bonchev–Trinajstić information content (AvgIpc) is 2.57. The predicted molar refractivity (Wildman–Crippen MR) is 59.5 cm³/mol. The molecule has 0 saturated carbocycles. The molecule has 0 unspecified atom stereocenters. The third-order valence-corrected chi connectivity index (χ3v) is 2.86. The van der Waals surface area contributed by atoms with Crippen LogP contribution in [0.2, 0.25) is 0 Å². The van der Waals surface area contributed by atoms with Gasteiger partial charge in [0.2, 0.25) is 5.12 Å². The van der Waals surface area contributed by atoms with Gasteiger partial charge in [-0.1, -0.05) is 18.3 Å². The highest BCUT2D eigenvalue weighted by molar-refractivity contribution is 8.14. The molecule has 0 N–H and O–H groups in total. The van der Waals surface area contributed by atoms with Gasteiger partial charge in [0, 0.05) is 12.8 Å². The number of rotatable bonds is 4. The first-order valence-electron chi connectivity index (χ1n) is 4.81. The van der Waals surface area contributed by atoms with E-state index in [2.05, 4.69) is 11.4 Å². The molecule has 1 aliphatic heterocycles. The topological polar surface area (TPSA) is 80.8 Å². The van der Waals surface area contributed by atoms with Crippen molar-refractivity contribution >= 4 is 34.7 Å². The van der Waals surface area contributed by atoms with E-state index < -0.39 is 17.8 Å². The van der Waals surface area contributed by atoms with Gasteiger partial charge in [-0.3, -0.25) is 14.4 Å². The minimum absolute atomic E-state index is 0.0456. The summed E-state index contributed by atoms with van der Waals surface area (Å²) in [5.74, 6) is -2.16. The standard InChI is InChI=1S/C10H11NO5S/c1-6(2)10(15)17-5-9(14)16-11-7(12)3-4-8(11)13/h1,3-5H2,2H3. The highest BCUT2D eigenvalue weighted by Gasteiger charge is 2.32. The van der Waals surface area contributed by atoms with Crippen molar-refractivity contribution in [3.63, 3.8) is 0 Å². The lowest BCUT2D eigenvalue weighted by molar-refractivity contribution is -0.195. The summed E-state index contributed by atoms with van der Waals surface area (Å²) in [6, 6.07) is 0. The van der Waals surface area contributed by atoms with Crippen LogP contribution >= 0.6 is 11.8 Å². The van der Waals surface area contributed by atoms with Crippen molar-refractivity contribution in [1.29, 1.82) is 0 Å². The lowest BCUT2D eigenvalue weighted by Gasteiger charge is -2.11. The summed E-state index contributed by atoms with van der Waals surface area (Å²) >= 11 is 0.716. The molecular weight excluding hydrogens is 246 g/mol. The molecule has 7 heteroatoms. The van der Waals surface area contributed by atoms with Gasteiger partial charge in [0.1, 0.15) is 5.75 Å². The van der Waals surface area contributed by atoms with Crippen molar-refractivity contribution in [2.45, 2.75) is 19.8 Å². The summed E-state index contributed by atoms with van der Waals surface area (Å²) in [7, 11) is 0. The van der Waals surface area contributed by atoms with Crippen molar-refractivity contribution in [2.75, 3.05) is 5.75 Å². The van der Waals surface area contributed by atoms with Gasteiger partial charge in [-0.15, -0.1) is 5.06 Å². The van der Waals surface area contributed by atoms with Gasteiger partial charge in [-0.2, -0.15) is 0 Å². The Balaban J connectivity index is 2.40. The summed E-state index contributed by atoms with van der Waals surface area (Å²) in [5.41, 5.74) is 0.316. The van der Waals surface area contributed by atoms with E-state index in [-0.39, 0.29) is 23.7 Å². The molecule has 0 bridgehead atoms. The zero-order valence-corrected chi connectivity index (χ0v) is 10.0. The maximum Gasteiger partial charge on any atom is 0.343 e. The first kappa shape index (κ1) is 13.4. The molecule has 17 heavy (non-hydrogen) atoms. The molecule has 0 aromatic rings. The highest BCUT2D eigenvalue weighted by Crippen LogP contribution is 2.14. The molecule has 1 heterocycles. The minimum Gasteiger partial charge on any atom is -0.329 e. The van der Waals surface area contributed by atoms with Crippen LogP contribution in [0.1, 0.15) is 19.8 Å². The van der Waals surface area contributed by atoms with Crippen molar-refractivity contribution in [3.05, 3.63) is 12.2 Å². The van der Waals surface area contributed by atoms with Crippen LogP contribution < -0.4 is 0 Å². The molecule has 0 spiro atoms. The third kappa shape index (κ3) is 3.70. The number of nitrogens with zero attached hydrogens (tertiary/aromatic N) is 1. The Kier molecular flexibility index (Phi) is 4.45. The van der Waals surface area contributed by atoms with Gasteiger partial charge >= 0.3 is 5.97 Å². The van der Waals surface area contributed by atoms with Crippen molar-refractivity contribution in [3.8, 4) is 0 Å². The summed E-state index contributed by atoms with van der Waals surface area (Å²) in [6.07, 6.45) is 0.0912. The second-order valence-corrected chi connectivity index (χ2v) is 4.35. The number of hydrogen-bond donors (Lipinski definition) is 0. The van der Waals surface area contributed by atoms with Crippen LogP contribution in [0.4, 0.5) is 0 Å². The van der Waals surface area contributed by atoms with Crippen molar-refractivity contribution in [2.24, 2.45) is 0 Å². The smallest absolute Gasteiger partial charge is 0.329 e. The largest absolute Gasteiger partial charge is 0.343 e. The second kappa shape index (κ2) is 5.62. The van der Waals surface area contributed by atoms with Crippen molar-refractivity contribution < 1.29 is 24.0 Å². The van der Waals surface area contributed by atoms with Gasteiger partial charge < -0.3 is 4.84 Å². The average molecular weight is 257 g/mol. The van der Waals surface area contributed by atoms with Gasteiger partial charge in [-0.05, 0) is 12.5 Å². The second-order valence-electron chi connectivity index (χ2n) is 3.40. The highest BCUT2D eigenvalue weighted by atomic mass is 32.2. The molecule has 0 aliphatic carbocycles. The summed E-state index contributed by atoms with van der Waals surface area (Å²) < 4.78 is 0. The van der Waals surface area contributed by atoms with Crippen molar-refractivity contribution in [1.82, 2.24) is 5.06 Å². The van der Waals surface area contributed by atoms with E-state index in [0.717, 1.165) is 0 Å². The molecule has 0 aromatic carbocycles. The fraction of sp³-hybridized carbons (Fsp3) is 0.400. The van der Waals surface area contributed by atoms with Crippen LogP contribution in [0.3, 0.4) is 0 Å². The third-order valence-electron chi connectivity index (χ3n) is 1.87. The molecule has 1 saturated heterocycles. The minimum atomic E-state index is -0.812. The Labute approximate surface area is 102 Å². The fourth-order valence-corrected chi connectivity index (χ4v) is 1.58. The van der Waals surface area contributed by atoms with Gasteiger partial charge in [0.15, 0.2) is 0 Å². The predicted octanol–water partition coefficient (Wildman–Crippen LogP) is 0.429. The lowest BCUT2D eigenvalue weighted by Crippen LogP contribution is -2.32. The van der Waals surface area contributed by atoms with Crippen LogP contribution in [0.15, 0.2) is 12.2 Å². The molecule has 2 amide bonds. The number of carbonyl (C=O) groups is 4. The number of hydroxylamine groups is 2. The van der Waals surface area contributed by atoms with E-state index in [0.29, 0.717) is 22.4 Å². The Morgan fingerprint density at radius 2 is 1.88 bits per heavy atom. The molecule has 6 nitrogen and oxygen atoms in total. The quantitative estimate of drug-likeness (QED) is 0.536. The van der Waals surface area contributed by atoms with Crippen LogP contribution in [-0.4, -0.2) is 33.7 Å². The fourth-order valence-electron chi connectivity index (χ4n) is 1.03. The van der Waals surface area contributed by atoms with E-state index in [1.807, 2.05) is 0 Å². The number of amides is 2. The zero-order chi connectivity index (χ0) is 13.0. The van der Waals surface area contributed by atoms with E-state index >= 15 is 0 Å². The number of hydrogen-bond acceptors (Lipinski definition) is 6. The maximum atomic E-state index is 11.2. The van der Waals surface area contributed by atoms with Crippen LogP contribution in [-0.2, 0) is 24.0 Å². The number of carbonyl (C=O) groups excluding carboxylic acids is 4. The summed E-state index contributed by atoms with van der Waals surface area (Å²) in [5, 5.41) is 0.120. The molecule has 1 fully saturated rings.